The van der Waals surface area contributed by atoms with Crippen LogP contribution in [0.3, 0.4) is 0 Å². The first kappa shape index (κ1) is 22.6. The van der Waals surface area contributed by atoms with E-state index in [-0.39, 0.29) is 12.8 Å². The SMILES string of the molecule is NC(=O)[C@H](Cc1ccccc1)NC(=O)[C@H](Cc1cnc[nH]1)NC(=O)[C@@H](N)CC(=O)O. The van der Waals surface area contributed by atoms with Gasteiger partial charge in [0.1, 0.15) is 12.1 Å². The summed E-state index contributed by atoms with van der Waals surface area (Å²) in [5, 5.41) is 13.8. The predicted molar refractivity (Wildman–Crippen MR) is 106 cm³/mol. The van der Waals surface area contributed by atoms with E-state index in [0.717, 1.165) is 5.56 Å². The summed E-state index contributed by atoms with van der Waals surface area (Å²) in [7, 11) is 0. The fourth-order valence-corrected chi connectivity index (χ4v) is 2.73. The number of nitrogens with one attached hydrogen (secondary N) is 3. The molecule has 0 unspecified atom stereocenters. The molecule has 11 heteroatoms. The van der Waals surface area contributed by atoms with Crippen molar-refractivity contribution < 1.29 is 24.3 Å². The van der Waals surface area contributed by atoms with E-state index in [1.54, 1.807) is 24.3 Å². The number of nitrogens with two attached hydrogens (primary N) is 2. The third-order valence-corrected chi connectivity index (χ3v) is 4.29. The molecule has 3 amide bonds. The quantitative estimate of drug-likeness (QED) is 0.255. The number of rotatable bonds is 11. The van der Waals surface area contributed by atoms with Crippen LogP contribution in [0.25, 0.3) is 0 Å². The monoisotopic (exact) mass is 416 g/mol. The number of hydrogen-bond acceptors (Lipinski definition) is 6. The van der Waals surface area contributed by atoms with E-state index in [4.69, 9.17) is 16.6 Å². The number of imidazole rings is 1. The van der Waals surface area contributed by atoms with Gasteiger partial charge in [0.25, 0.3) is 0 Å². The van der Waals surface area contributed by atoms with Crippen LogP contribution in [0.2, 0.25) is 0 Å². The van der Waals surface area contributed by atoms with Gasteiger partial charge in [0.2, 0.25) is 17.7 Å². The van der Waals surface area contributed by atoms with Gasteiger partial charge in [0.15, 0.2) is 0 Å². The van der Waals surface area contributed by atoms with Crippen molar-refractivity contribution in [1.82, 2.24) is 20.6 Å². The predicted octanol–water partition coefficient (Wildman–Crippen LogP) is -1.55. The van der Waals surface area contributed by atoms with Gasteiger partial charge in [0, 0.05) is 24.7 Å². The van der Waals surface area contributed by atoms with E-state index in [1.165, 1.54) is 12.5 Å². The molecule has 0 bridgehead atoms. The molecule has 11 nitrogen and oxygen atoms in total. The lowest BCUT2D eigenvalue weighted by atomic mass is 10.0. The molecule has 2 aromatic rings. The maximum atomic E-state index is 12.8. The summed E-state index contributed by atoms with van der Waals surface area (Å²) < 4.78 is 0. The zero-order chi connectivity index (χ0) is 22.1. The second-order valence-electron chi connectivity index (χ2n) is 6.70. The Morgan fingerprint density at radius 1 is 1.03 bits per heavy atom. The van der Waals surface area contributed by atoms with Crippen molar-refractivity contribution >= 4 is 23.7 Å². The van der Waals surface area contributed by atoms with Crippen LogP contribution in [-0.4, -0.2) is 56.9 Å². The number of H-pyrrole nitrogens is 1. The maximum absolute atomic E-state index is 12.8. The van der Waals surface area contributed by atoms with Gasteiger partial charge in [-0.2, -0.15) is 0 Å². The van der Waals surface area contributed by atoms with Gasteiger partial charge in [-0.15, -0.1) is 0 Å². The van der Waals surface area contributed by atoms with Crippen LogP contribution in [0, 0.1) is 0 Å². The van der Waals surface area contributed by atoms with Crippen molar-refractivity contribution in [1.29, 1.82) is 0 Å². The Labute approximate surface area is 172 Å². The molecule has 0 radical (unpaired) electrons. The van der Waals surface area contributed by atoms with E-state index in [2.05, 4.69) is 20.6 Å². The fraction of sp³-hybridized carbons (Fsp3) is 0.316. The smallest absolute Gasteiger partial charge is 0.305 e. The van der Waals surface area contributed by atoms with Crippen LogP contribution in [0.15, 0.2) is 42.9 Å². The van der Waals surface area contributed by atoms with Crippen molar-refractivity contribution in [3.63, 3.8) is 0 Å². The number of benzene rings is 1. The summed E-state index contributed by atoms with van der Waals surface area (Å²) >= 11 is 0. The summed E-state index contributed by atoms with van der Waals surface area (Å²) in [6.07, 6.45) is 2.48. The molecule has 3 atom stereocenters. The highest BCUT2D eigenvalue weighted by molar-refractivity contribution is 5.93. The molecule has 2 rings (SSSR count). The van der Waals surface area contributed by atoms with Crippen LogP contribution in [0.4, 0.5) is 0 Å². The number of aromatic amines is 1. The molecular weight excluding hydrogens is 392 g/mol. The van der Waals surface area contributed by atoms with Gasteiger partial charge in [-0.25, -0.2) is 4.98 Å². The molecule has 0 saturated carbocycles. The van der Waals surface area contributed by atoms with Crippen molar-refractivity contribution in [3.05, 3.63) is 54.1 Å². The van der Waals surface area contributed by atoms with E-state index in [1.807, 2.05) is 6.07 Å². The number of aliphatic carboxylic acids is 1. The van der Waals surface area contributed by atoms with Crippen molar-refractivity contribution in [2.75, 3.05) is 0 Å². The number of carbonyl (C=O) groups excluding carboxylic acids is 3. The molecule has 0 aliphatic carbocycles. The molecule has 0 spiro atoms. The molecule has 0 saturated heterocycles. The molecule has 1 heterocycles. The molecule has 1 aromatic heterocycles. The van der Waals surface area contributed by atoms with E-state index in [0.29, 0.717) is 5.69 Å². The molecule has 0 aliphatic heterocycles. The molecular formula is C19H24N6O5. The molecule has 0 fully saturated rings. The topological polar surface area (TPSA) is 193 Å². The Morgan fingerprint density at radius 3 is 2.27 bits per heavy atom. The summed E-state index contributed by atoms with van der Waals surface area (Å²) in [4.78, 5) is 54.4. The third-order valence-electron chi connectivity index (χ3n) is 4.29. The van der Waals surface area contributed by atoms with Gasteiger partial charge in [-0.3, -0.25) is 19.2 Å². The summed E-state index contributed by atoms with van der Waals surface area (Å²) in [5.74, 6) is -3.46. The van der Waals surface area contributed by atoms with Crippen LogP contribution < -0.4 is 22.1 Å². The Bertz CT molecular complexity index is 871. The average Bonchev–Trinajstić information content (AvgIpc) is 3.20. The van der Waals surface area contributed by atoms with E-state index in [9.17, 15) is 19.2 Å². The first-order valence-corrected chi connectivity index (χ1v) is 9.15. The normalized spacial score (nSPS) is 13.6. The van der Waals surface area contributed by atoms with Gasteiger partial charge in [0.05, 0.1) is 18.8 Å². The minimum absolute atomic E-state index is 0.0220. The highest BCUT2D eigenvalue weighted by Gasteiger charge is 2.28. The lowest BCUT2D eigenvalue weighted by Crippen LogP contribution is -2.56. The molecule has 8 N–H and O–H groups in total. The molecule has 0 aliphatic rings. The largest absolute Gasteiger partial charge is 0.481 e. The minimum Gasteiger partial charge on any atom is -0.481 e. The van der Waals surface area contributed by atoms with Crippen molar-refractivity contribution in [2.24, 2.45) is 11.5 Å². The number of carbonyl (C=O) groups is 4. The Hall–Kier alpha value is -3.73. The maximum Gasteiger partial charge on any atom is 0.305 e. The first-order valence-electron chi connectivity index (χ1n) is 9.15. The highest BCUT2D eigenvalue weighted by atomic mass is 16.4. The number of aromatic nitrogens is 2. The minimum atomic E-state index is -1.34. The third kappa shape index (κ3) is 7.02. The number of carboxylic acids is 1. The van der Waals surface area contributed by atoms with E-state index < -0.39 is 48.2 Å². The molecule has 1 aromatic carbocycles. The fourth-order valence-electron chi connectivity index (χ4n) is 2.73. The number of primary amides is 1. The van der Waals surface area contributed by atoms with Gasteiger partial charge in [-0.1, -0.05) is 30.3 Å². The standard InChI is InChI=1S/C19H24N6O5/c20-13(8-16(26)27)18(29)25-15(7-12-9-22-10-23-12)19(30)24-14(17(21)28)6-11-4-2-1-3-5-11/h1-5,9-10,13-15H,6-8,20H2,(H2,21,28)(H,22,23)(H,24,30)(H,25,29)(H,26,27)/t13-,14-,15-/m0/s1. The average molecular weight is 416 g/mol. The van der Waals surface area contributed by atoms with Crippen molar-refractivity contribution in [2.45, 2.75) is 37.4 Å². The second kappa shape index (κ2) is 10.7. The van der Waals surface area contributed by atoms with Gasteiger partial charge >= 0.3 is 5.97 Å². The Balaban J connectivity index is 2.12. The second-order valence-corrected chi connectivity index (χ2v) is 6.70. The first-order chi connectivity index (χ1) is 14.3. The number of hydrogen-bond donors (Lipinski definition) is 6. The van der Waals surface area contributed by atoms with Gasteiger partial charge < -0.3 is 32.2 Å². The van der Waals surface area contributed by atoms with Crippen LogP contribution >= 0.6 is 0 Å². The number of nitrogens with zero attached hydrogens (tertiary/aromatic N) is 1. The number of amides is 3. The number of carboxylic acid groups (broad SMARTS) is 1. The van der Waals surface area contributed by atoms with E-state index >= 15 is 0 Å². The lowest BCUT2D eigenvalue weighted by Gasteiger charge is -2.23. The highest BCUT2D eigenvalue weighted by Crippen LogP contribution is 2.05. The summed E-state index contributed by atoms with van der Waals surface area (Å²) in [6.45, 7) is 0. The Kier molecular flexibility index (Phi) is 8.06. The van der Waals surface area contributed by atoms with Gasteiger partial charge in [-0.05, 0) is 5.56 Å². The van der Waals surface area contributed by atoms with Crippen LogP contribution in [0.5, 0.6) is 0 Å². The summed E-state index contributed by atoms with van der Waals surface area (Å²) in [5.41, 5.74) is 12.3. The van der Waals surface area contributed by atoms with Crippen LogP contribution in [0.1, 0.15) is 17.7 Å². The lowest BCUT2D eigenvalue weighted by molar-refractivity contribution is -0.139. The molecule has 160 valence electrons. The Morgan fingerprint density at radius 2 is 1.70 bits per heavy atom. The molecule has 30 heavy (non-hydrogen) atoms. The van der Waals surface area contributed by atoms with Crippen molar-refractivity contribution in [3.8, 4) is 0 Å². The summed E-state index contributed by atoms with van der Waals surface area (Å²) in [6, 6.07) is 5.51. The zero-order valence-electron chi connectivity index (χ0n) is 16.1. The van der Waals surface area contributed by atoms with Crippen LogP contribution in [-0.2, 0) is 32.0 Å². The zero-order valence-corrected chi connectivity index (χ0v) is 16.1.